The SMILES string of the molecule is C[C@@H]1CN(CC(N)CO)C[C@H](C)O1. The van der Waals surface area contributed by atoms with Gasteiger partial charge in [-0.1, -0.05) is 0 Å². The molecule has 0 spiro atoms. The highest BCUT2D eigenvalue weighted by molar-refractivity contribution is 4.76. The molecule has 1 aliphatic rings. The van der Waals surface area contributed by atoms with Crippen molar-refractivity contribution in [3.63, 3.8) is 0 Å². The number of aliphatic hydroxyl groups is 1. The number of rotatable bonds is 3. The molecule has 0 aromatic carbocycles. The van der Waals surface area contributed by atoms with Crippen molar-refractivity contribution in [1.82, 2.24) is 4.90 Å². The van der Waals surface area contributed by atoms with Gasteiger partial charge in [0, 0.05) is 25.7 Å². The second-order valence-corrected chi connectivity index (χ2v) is 3.92. The third kappa shape index (κ3) is 3.60. The Balaban J connectivity index is 2.32. The first-order valence-electron chi connectivity index (χ1n) is 4.86. The van der Waals surface area contributed by atoms with E-state index in [1.807, 2.05) is 0 Å². The first-order valence-corrected chi connectivity index (χ1v) is 4.86. The molecule has 4 nitrogen and oxygen atoms in total. The Morgan fingerprint density at radius 3 is 2.46 bits per heavy atom. The van der Waals surface area contributed by atoms with Crippen LogP contribution in [0.3, 0.4) is 0 Å². The maximum absolute atomic E-state index is 8.81. The van der Waals surface area contributed by atoms with E-state index < -0.39 is 0 Å². The van der Waals surface area contributed by atoms with E-state index in [1.165, 1.54) is 0 Å². The van der Waals surface area contributed by atoms with Crippen molar-refractivity contribution in [2.45, 2.75) is 32.1 Å². The molecule has 1 fully saturated rings. The molecule has 0 aromatic rings. The summed E-state index contributed by atoms with van der Waals surface area (Å²) < 4.78 is 5.59. The normalized spacial score (nSPS) is 33.2. The van der Waals surface area contributed by atoms with Crippen molar-refractivity contribution >= 4 is 0 Å². The van der Waals surface area contributed by atoms with Gasteiger partial charge in [-0.3, -0.25) is 4.90 Å². The number of hydrogen-bond donors (Lipinski definition) is 2. The van der Waals surface area contributed by atoms with Gasteiger partial charge in [0.05, 0.1) is 18.8 Å². The van der Waals surface area contributed by atoms with Crippen molar-refractivity contribution in [3.05, 3.63) is 0 Å². The van der Waals surface area contributed by atoms with Crippen molar-refractivity contribution < 1.29 is 9.84 Å². The highest BCUT2D eigenvalue weighted by Gasteiger charge is 2.22. The molecular weight excluding hydrogens is 168 g/mol. The van der Waals surface area contributed by atoms with Crippen LogP contribution < -0.4 is 5.73 Å². The Morgan fingerprint density at radius 2 is 2.00 bits per heavy atom. The molecule has 13 heavy (non-hydrogen) atoms. The molecule has 0 aromatic heterocycles. The Kier molecular flexibility index (Phi) is 4.12. The lowest BCUT2D eigenvalue weighted by atomic mass is 10.2. The molecule has 1 aliphatic heterocycles. The van der Waals surface area contributed by atoms with Crippen LogP contribution in [0.1, 0.15) is 13.8 Å². The standard InChI is InChI=1S/C9H20N2O2/c1-7-3-11(4-8(2)13-7)5-9(10)6-12/h7-9,12H,3-6,10H2,1-2H3/t7-,8+,9?. The third-order valence-electron chi connectivity index (χ3n) is 2.22. The van der Waals surface area contributed by atoms with Gasteiger partial charge in [-0.25, -0.2) is 0 Å². The first kappa shape index (κ1) is 10.9. The summed E-state index contributed by atoms with van der Waals surface area (Å²) in [7, 11) is 0. The fraction of sp³-hybridized carbons (Fsp3) is 1.00. The number of nitrogens with zero attached hydrogens (tertiary/aromatic N) is 1. The minimum absolute atomic E-state index is 0.0557. The van der Waals surface area contributed by atoms with E-state index in [1.54, 1.807) is 0 Å². The average Bonchev–Trinajstić information content (AvgIpc) is 2.02. The number of hydrogen-bond acceptors (Lipinski definition) is 4. The van der Waals surface area contributed by atoms with Gasteiger partial charge in [-0.05, 0) is 13.8 Å². The molecule has 0 bridgehead atoms. The van der Waals surface area contributed by atoms with Crippen LogP contribution in [-0.4, -0.2) is 54.5 Å². The monoisotopic (exact) mass is 188 g/mol. The predicted octanol–water partition coefficient (Wildman–Crippen LogP) is -0.585. The molecule has 1 saturated heterocycles. The van der Waals surface area contributed by atoms with E-state index in [9.17, 15) is 0 Å². The van der Waals surface area contributed by atoms with Crippen LogP contribution in [0.25, 0.3) is 0 Å². The smallest absolute Gasteiger partial charge is 0.0678 e. The van der Waals surface area contributed by atoms with Gasteiger partial charge in [-0.15, -0.1) is 0 Å². The van der Waals surface area contributed by atoms with Gasteiger partial charge in [0.2, 0.25) is 0 Å². The van der Waals surface area contributed by atoms with E-state index in [0.29, 0.717) is 0 Å². The summed E-state index contributed by atoms with van der Waals surface area (Å²) in [6, 6.07) is -0.127. The number of nitrogens with two attached hydrogens (primary N) is 1. The minimum atomic E-state index is -0.127. The van der Waals surface area contributed by atoms with Gasteiger partial charge < -0.3 is 15.6 Å². The second kappa shape index (κ2) is 4.91. The lowest BCUT2D eigenvalue weighted by Crippen LogP contribution is -2.50. The number of ether oxygens (including phenoxy) is 1. The largest absolute Gasteiger partial charge is 0.395 e. The molecule has 0 aliphatic carbocycles. The lowest BCUT2D eigenvalue weighted by Gasteiger charge is -2.36. The van der Waals surface area contributed by atoms with Crippen molar-refractivity contribution in [2.75, 3.05) is 26.2 Å². The summed E-state index contributed by atoms with van der Waals surface area (Å²) in [4.78, 5) is 2.25. The van der Waals surface area contributed by atoms with Crippen LogP contribution in [0.4, 0.5) is 0 Å². The highest BCUT2D eigenvalue weighted by atomic mass is 16.5. The van der Waals surface area contributed by atoms with E-state index in [-0.39, 0.29) is 24.9 Å². The summed E-state index contributed by atoms with van der Waals surface area (Å²) in [6.45, 7) is 6.77. The topological polar surface area (TPSA) is 58.7 Å². The molecule has 78 valence electrons. The van der Waals surface area contributed by atoms with Crippen molar-refractivity contribution in [1.29, 1.82) is 0 Å². The van der Waals surface area contributed by atoms with Crippen LogP contribution in [-0.2, 0) is 4.74 Å². The molecule has 0 saturated carbocycles. The quantitative estimate of drug-likeness (QED) is 0.622. The van der Waals surface area contributed by atoms with Crippen molar-refractivity contribution in [2.24, 2.45) is 5.73 Å². The first-order chi connectivity index (χ1) is 6.11. The Hall–Kier alpha value is -0.160. The zero-order valence-electron chi connectivity index (χ0n) is 8.44. The summed E-state index contributed by atoms with van der Waals surface area (Å²) in [5.41, 5.74) is 5.66. The fourth-order valence-corrected chi connectivity index (χ4v) is 1.82. The highest BCUT2D eigenvalue weighted by Crippen LogP contribution is 2.10. The Labute approximate surface area is 79.7 Å². The average molecular weight is 188 g/mol. The maximum atomic E-state index is 8.81. The summed E-state index contributed by atoms with van der Waals surface area (Å²) in [6.07, 6.45) is 0.546. The maximum Gasteiger partial charge on any atom is 0.0678 e. The Bertz CT molecular complexity index is 145. The van der Waals surface area contributed by atoms with E-state index in [0.717, 1.165) is 19.6 Å². The molecule has 4 heteroatoms. The molecule has 1 rings (SSSR count). The van der Waals surface area contributed by atoms with Gasteiger partial charge >= 0.3 is 0 Å². The fourth-order valence-electron chi connectivity index (χ4n) is 1.82. The zero-order chi connectivity index (χ0) is 9.84. The van der Waals surface area contributed by atoms with E-state index >= 15 is 0 Å². The number of aliphatic hydroxyl groups excluding tert-OH is 1. The summed E-state index contributed by atoms with van der Waals surface area (Å²) in [5, 5.41) is 8.81. The Morgan fingerprint density at radius 1 is 1.46 bits per heavy atom. The minimum Gasteiger partial charge on any atom is -0.395 e. The van der Waals surface area contributed by atoms with E-state index in [2.05, 4.69) is 18.7 Å². The molecule has 3 N–H and O–H groups in total. The van der Waals surface area contributed by atoms with Crippen LogP contribution in [0.15, 0.2) is 0 Å². The van der Waals surface area contributed by atoms with Crippen LogP contribution in [0.5, 0.6) is 0 Å². The predicted molar refractivity (Wildman–Crippen MR) is 51.5 cm³/mol. The van der Waals surface area contributed by atoms with Gasteiger partial charge in [0.15, 0.2) is 0 Å². The molecule has 3 atom stereocenters. The molecule has 1 unspecified atom stereocenters. The molecule has 0 amide bonds. The lowest BCUT2D eigenvalue weighted by molar-refractivity contribution is -0.0700. The van der Waals surface area contributed by atoms with E-state index in [4.69, 9.17) is 15.6 Å². The van der Waals surface area contributed by atoms with Gasteiger partial charge in [0.1, 0.15) is 0 Å². The second-order valence-electron chi connectivity index (χ2n) is 3.92. The molecular formula is C9H20N2O2. The van der Waals surface area contributed by atoms with Gasteiger partial charge in [0.25, 0.3) is 0 Å². The zero-order valence-corrected chi connectivity index (χ0v) is 8.44. The summed E-state index contributed by atoms with van der Waals surface area (Å²) >= 11 is 0. The molecule has 0 radical (unpaired) electrons. The number of morpholine rings is 1. The van der Waals surface area contributed by atoms with Crippen LogP contribution in [0, 0.1) is 0 Å². The van der Waals surface area contributed by atoms with Crippen molar-refractivity contribution in [3.8, 4) is 0 Å². The molecule has 1 heterocycles. The van der Waals surface area contributed by atoms with Crippen LogP contribution in [0.2, 0.25) is 0 Å². The van der Waals surface area contributed by atoms with Crippen LogP contribution >= 0.6 is 0 Å². The third-order valence-corrected chi connectivity index (χ3v) is 2.22. The summed E-state index contributed by atoms with van der Waals surface area (Å²) in [5.74, 6) is 0. The van der Waals surface area contributed by atoms with Gasteiger partial charge in [-0.2, -0.15) is 0 Å².